The monoisotopic (exact) mass is 290 g/mol. The first-order valence-electron chi connectivity index (χ1n) is 6.61. The normalized spacial score (nSPS) is 17.3. The zero-order valence-corrected chi connectivity index (χ0v) is 11.5. The van der Waals surface area contributed by atoms with Gasteiger partial charge in [-0.15, -0.1) is 5.10 Å². The minimum Gasteiger partial charge on any atom is -0.322 e. The van der Waals surface area contributed by atoms with E-state index >= 15 is 0 Å². The number of halogens is 1. The molecule has 1 saturated carbocycles. The van der Waals surface area contributed by atoms with E-state index in [4.69, 9.17) is 5.73 Å². The Morgan fingerprint density at radius 1 is 1.52 bits per heavy atom. The molecule has 1 atom stereocenters. The summed E-state index contributed by atoms with van der Waals surface area (Å²) >= 11 is 0. The third-order valence-electron chi connectivity index (χ3n) is 3.73. The smallest absolute Gasteiger partial charge is 0.244 e. The zero-order chi connectivity index (χ0) is 15.0. The number of tetrazole rings is 1. The average Bonchev–Trinajstić information content (AvgIpc) is 3.18. The molecule has 0 bridgehead atoms. The number of nitrogens with zero attached hydrogens (tertiary/aromatic N) is 4. The van der Waals surface area contributed by atoms with Gasteiger partial charge in [0.25, 0.3) is 0 Å². The molecule has 0 saturated heterocycles. The summed E-state index contributed by atoms with van der Waals surface area (Å²) in [5, 5.41) is 13.3. The first-order valence-corrected chi connectivity index (χ1v) is 6.61. The van der Waals surface area contributed by atoms with Crippen LogP contribution in [0.2, 0.25) is 0 Å². The Kier molecular flexibility index (Phi) is 3.17. The van der Waals surface area contributed by atoms with Crippen LogP contribution in [0.1, 0.15) is 19.8 Å². The molecular weight excluding hydrogens is 275 g/mol. The number of nitrogens with one attached hydrogen (secondary N) is 1. The standard InChI is InChI=1S/C13H15FN6O/c1-13(15,8-2-3-8)12(21)17-11-6-9(4-5-10(11)14)20-7-16-18-19-20/h4-8H,2-3,15H2,1H3,(H,17,21). The lowest BCUT2D eigenvalue weighted by atomic mass is 9.96. The summed E-state index contributed by atoms with van der Waals surface area (Å²) < 4.78 is 15.2. The van der Waals surface area contributed by atoms with Gasteiger partial charge < -0.3 is 11.1 Å². The number of carbonyl (C=O) groups is 1. The molecular formula is C13H15FN6O. The van der Waals surface area contributed by atoms with Gasteiger partial charge in [0, 0.05) is 0 Å². The van der Waals surface area contributed by atoms with Crippen molar-refractivity contribution in [2.45, 2.75) is 25.3 Å². The number of rotatable bonds is 4. The Bertz CT molecular complexity index is 665. The SMILES string of the molecule is CC(N)(C(=O)Nc1cc(-n2cnnn2)ccc1F)C1CC1. The molecule has 1 heterocycles. The fourth-order valence-electron chi connectivity index (χ4n) is 2.16. The summed E-state index contributed by atoms with van der Waals surface area (Å²) in [7, 11) is 0. The van der Waals surface area contributed by atoms with Gasteiger partial charge in [-0.2, -0.15) is 0 Å². The third-order valence-corrected chi connectivity index (χ3v) is 3.73. The van der Waals surface area contributed by atoms with E-state index in [2.05, 4.69) is 20.8 Å². The number of amides is 1. The van der Waals surface area contributed by atoms with Crippen LogP contribution in [0, 0.1) is 11.7 Å². The number of carbonyl (C=O) groups excluding carboxylic acids is 1. The molecule has 1 aromatic heterocycles. The molecule has 8 heteroatoms. The Morgan fingerprint density at radius 3 is 2.90 bits per heavy atom. The van der Waals surface area contributed by atoms with Crippen molar-refractivity contribution in [1.82, 2.24) is 20.2 Å². The Balaban J connectivity index is 1.85. The topological polar surface area (TPSA) is 98.7 Å². The van der Waals surface area contributed by atoms with Gasteiger partial charge in [0.15, 0.2) is 0 Å². The Hall–Kier alpha value is -2.35. The van der Waals surface area contributed by atoms with E-state index in [0.29, 0.717) is 5.69 Å². The number of hydrogen-bond donors (Lipinski definition) is 2. The number of benzene rings is 1. The Labute approximate surface area is 120 Å². The van der Waals surface area contributed by atoms with Crippen LogP contribution in [0.3, 0.4) is 0 Å². The minimum absolute atomic E-state index is 0.0605. The molecule has 21 heavy (non-hydrogen) atoms. The highest BCUT2D eigenvalue weighted by atomic mass is 19.1. The number of anilines is 1. The Morgan fingerprint density at radius 2 is 2.29 bits per heavy atom. The van der Waals surface area contributed by atoms with E-state index in [1.807, 2.05) is 0 Å². The van der Waals surface area contributed by atoms with Crippen molar-refractivity contribution in [1.29, 1.82) is 0 Å². The van der Waals surface area contributed by atoms with Crippen LogP contribution in [0.4, 0.5) is 10.1 Å². The quantitative estimate of drug-likeness (QED) is 0.870. The van der Waals surface area contributed by atoms with E-state index < -0.39 is 17.3 Å². The van der Waals surface area contributed by atoms with Crippen molar-refractivity contribution in [3.8, 4) is 5.69 Å². The molecule has 1 aliphatic rings. The number of aromatic nitrogens is 4. The maximum absolute atomic E-state index is 13.9. The van der Waals surface area contributed by atoms with Gasteiger partial charge >= 0.3 is 0 Å². The highest BCUT2D eigenvalue weighted by Gasteiger charge is 2.44. The predicted octanol–water partition coefficient (Wildman–Crippen LogP) is 0.867. The van der Waals surface area contributed by atoms with Gasteiger partial charge in [-0.1, -0.05) is 0 Å². The van der Waals surface area contributed by atoms with E-state index in [1.54, 1.807) is 6.92 Å². The van der Waals surface area contributed by atoms with Crippen LogP contribution in [0.25, 0.3) is 5.69 Å². The van der Waals surface area contributed by atoms with Crippen molar-refractivity contribution in [3.63, 3.8) is 0 Å². The molecule has 0 aliphatic heterocycles. The fourth-order valence-corrected chi connectivity index (χ4v) is 2.16. The molecule has 1 amide bonds. The highest BCUT2D eigenvalue weighted by Crippen LogP contribution is 2.38. The van der Waals surface area contributed by atoms with Crippen molar-refractivity contribution in [3.05, 3.63) is 30.3 Å². The van der Waals surface area contributed by atoms with E-state index in [1.165, 1.54) is 29.2 Å². The second kappa shape index (κ2) is 4.88. The van der Waals surface area contributed by atoms with Crippen molar-refractivity contribution in [2.24, 2.45) is 11.7 Å². The largest absolute Gasteiger partial charge is 0.322 e. The lowest BCUT2D eigenvalue weighted by molar-refractivity contribution is -0.121. The minimum atomic E-state index is -0.989. The maximum Gasteiger partial charge on any atom is 0.244 e. The first-order chi connectivity index (χ1) is 9.98. The third kappa shape index (κ3) is 2.62. The average molecular weight is 290 g/mol. The van der Waals surface area contributed by atoms with Crippen LogP contribution in [0.15, 0.2) is 24.5 Å². The summed E-state index contributed by atoms with van der Waals surface area (Å²) in [5.41, 5.74) is 5.64. The molecule has 1 aromatic carbocycles. The lowest BCUT2D eigenvalue weighted by Crippen LogP contribution is -2.50. The van der Waals surface area contributed by atoms with E-state index in [9.17, 15) is 9.18 Å². The fraction of sp³-hybridized carbons (Fsp3) is 0.385. The van der Waals surface area contributed by atoms with Crippen LogP contribution in [-0.4, -0.2) is 31.7 Å². The lowest BCUT2D eigenvalue weighted by Gasteiger charge is -2.23. The van der Waals surface area contributed by atoms with Gasteiger partial charge in [0.2, 0.25) is 5.91 Å². The summed E-state index contributed by atoms with van der Waals surface area (Å²) in [6, 6.07) is 4.23. The van der Waals surface area contributed by atoms with Crippen LogP contribution in [-0.2, 0) is 4.79 Å². The first kappa shape index (κ1) is 13.6. The summed E-state index contributed by atoms with van der Waals surface area (Å²) in [4.78, 5) is 12.2. The molecule has 3 N–H and O–H groups in total. The summed E-state index contributed by atoms with van der Waals surface area (Å²) in [6.07, 6.45) is 3.23. The van der Waals surface area contributed by atoms with E-state index in [0.717, 1.165) is 12.8 Å². The molecule has 0 radical (unpaired) electrons. The molecule has 1 unspecified atom stereocenters. The summed E-state index contributed by atoms with van der Waals surface area (Å²) in [5.74, 6) is -0.771. The van der Waals surface area contributed by atoms with Gasteiger partial charge in [0.05, 0.1) is 16.9 Å². The predicted molar refractivity (Wildman–Crippen MR) is 73.1 cm³/mol. The zero-order valence-electron chi connectivity index (χ0n) is 11.5. The van der Waals surface area contributed by atoms with Gasteiger partial charge in [-0.3, -0.25) is 4.79 Å². The molecule has 110 valence electrons. The van der Waals surface area contributed by atoms with Crippen LogP contribution < -0.4 is 11.1 Å². The molecule has 7 nitrogen and oxygen atoms in total. The van der Waals surface area contributed by atoms with E-state index in [-0.39, 0.29) is 11.6 Å². The molecule has 0 spiro atoms. The van der Waals surface area contributed by atoms with Crippen LogP contribution in [0.5, 0.6) is 0 Å². The second-order valence-electron chi connectivity index (χ2n) is 5.43. The number of hydrogen-bond acceptors (Lipinski definition) is 5. The highest BCUT2D eigenvalue weighted by molar-refractivity contribution is 5.98. The van der Waals surface area contributed by atoms with Gasteiger partial charge in [0.1, 0.15) is 12.1 Å². The van der Waals surface area contributed by atoms with Gasteiger partial charge in [-0.25, -0.2) is 9.07 Å². The second-order valence-corrected chi connectivity index (χ2v) is 5.43. The number of nitrogens with two attached hydrogens (primary N) is 1. The molecule has 2 aromatic rings. The molecule has 1 aliphatic carbocycles. The van der Waals surface area contributed by atoms with Crippen molar-refractivity contribution >= 4 is 11.6 Å². The maximum atomic E-state index is 13.9. The van der Waals surface area contributed by atoms with Crippen molar-refractivity contribution < 1.29 is 9.18 Å². The van der Waals surface area contributed by atoms with Crippen molar-refractivity contribution in [2.75, 3.05) is 5.32 Å². The summed E-state index contributed by atoms with van der Waals surface area (Å²) in [6.45, 7) is 1.67. The molecule has 1 fully saturated rings. The molecule has 3 rings (SSSR count). The van der Waals surface area contributed by atoms with Gasteiger partial charge in [-0.05, 0) is 54.3 Å². The van der Waals surface area contributed by atoms with Crippen LogP contribution >= 0.6 is 0 Å².